The molecule has 1 fully saturated rings. The van der Waals surface area contributed by atoms with Crippen LogP contribution in [0.2, 0.25) is 0 Å². The third-order valence-electron chi connectivity index (χ3n) is 2.48. The highest BCUT2D eigenvalue weighted by Gasteiger charge is 2.68. The fourth-order valence-electron chi connectivity index (χ4n) is 1.28. The summed E-state index contributed by atoms with van der Waals surface area (Å²) >= 11 is 0. The molecule has 7 N–H and O–H groups in total. The zero-order valence-electron chi connectivity index (χ0n) is 9.49. The van der Waals surface area contributed by atoms with Gasteiger partial charge >= 0.3 is 0 Å². The molecule has 0 spiro atoms. The molecule has 1 aliphatic rings. The lowest BCUT2D eigenvalue weighted by Gasteiger charge is -2.56. The first kappa shape index (κ1) is 15.7. The summed E-state index contributed by atoms with van der Waals surface area (Å²) in [7, 11) is 0. The van der Waals surface area contributed by atoms with Crippen molar-refractivity contribution in [2.75, 3.05) is 6.61 Å². The van der Waals surface area contributed by atoms with Gasteiger partial charge in [0, 0.05) is 0 Å². The lowest BCUT2D eigenvalue weighted by molar-refractivity contribution is -0.343. The van der Waals surface area contributed by atoms with Crippen molar-refractivity contribution in [1.29, 1.82) is 0 Å². The number of aliphatic hydroxyl groups is 7. The zero-order chi connectivity index (χ0) is 13.4. The van der Waals surface area contributed by atoms with E-state index in [4.69, 9.17) is 25.5 Å². The van der Waals surface area contributed by atoms with E-state index in [2.05, 4.69) is 0 Å². The van der Waals surface area contributed by atoms with E-state index in [-0.39, 0.29) is 0 Å². The summed E-state index contributed by atoms with van der Waals surface area (Å²) in [4.78, 5) is 0. The minimum atomic E-state index is -1.99. The van der Waals surface area contributed by atoms with E-state index in [9.17, 15) is 10.2 Å². The Morgan fingerprint density at radius 3 is 1.50 bits per heavy atom. The van der Waals surface area contributed by atoms with Gasteiger partial charge in [-0.25, -0.2) is 0 Å². The average Bonchev–Trinajstić information content (AvgIpc) is 2.11. The molecular formula is C9H20O7. The fourth-order valence-corrected chi connectivity index (χ4v) is 1.28. The van der Waals surface area contributed by atoms with Crippen LogP contribution in [0.3, 0.4) is 0 Å². The smallest absolute Gasteiger partial charge is 0.156 e. The van der Waals surface area contributed by atoms with Crippen LogP contribution >= 0.6 is 0 Å². The van der Waals surface area contributed by atoms with Crippen LogP contribution < -0.4 is 0 Å². The monoisotopic (exact) mass is 240 g/mol. The molecule has 1 aliphatic carbocycles. The maximum Gasteiger partial charge on any atom is 0.156 e. The van der Waals surface area contributed by atoms with E-state index in [0.29, 0.717) is 0 Å². The standard InChI is InChI=1S/C6H12O5.C3H8O2/c1-5(10)3(8)4(9)6(5,11)2-7;1-3(2,4)5/h3-4,7-11H,2H2,1H3;4-5H,1-2H3. The predicted molar refractivity (Wildman–Crippen MR) is 53.2 cm³/mol. The molecular weight excluding hydrogens is 220 g/mol. The third-order valence-corrected chi connectivity index (χ3v) is 2.48. The lowest BCUT2D eigenvalue weighted by atomic mass is 9.62. The highest BCUT2D eigenvalue weighted by Crippen LogP contribution is 2.42. The molecule has 4 atom stereocenters. The molecule has 0 saturated heterocycles. The van der Waals surface area contributed by atoms with Crippen molar-refractivity contribution in [2.24, 2.45) is 0 Å². The molecule has 7 nitrogen and oxygen atoms in total. The molecule has 0 bridgehead atoms. The predicted octanol–water partition coefficient (Wildman–Crippen LogP) is -3.10. The first-order valence-corrected chi connectivity index (χ1v) is 4.74. The van der Waals surface area contributed by atoms with Crippen molar-refractivity contribution in [3.63, 3.8) is 0 Å². The second-order valence-electron chi connectivity index (χ2n) is 4.61. The number of rotatable bonds is 1. The molecule has 0 aromatic carbocycles. The molecule has 0 amide bonds. The molecule has 0 aliphatic heterocycles. The summed E-state index contributed by atoms with van der Waals surface area (Å²) in [5.41, 5.74) is -3.83. The highest BCUT2D eigenvalue weighted by molar-refractivity contribution is 5.19. The van der Waals surface area contributed by atoms with Crippen LogP contribution in [0.4, 0.5) is 0 Å². The van der Waals surface area contributed by atoms with Gasteiger partial charge in [0.25, 0.3) is 0 Å². The van der Waals surface area contributed by atoms with Crippen LogP contribution in [0.1, 0.15) is 20.8 Å². The molecule has 98 valence electrons. The Labute approximate surface area is 93.2 Å². The average molecular weight is 240 g/mol. The van der Waals surface area contributed by atoms with Crippen molar-refractivity contribution in [1.82, 2.24) is 0 Å². The van der Waals surface area contributed by atoms with Crippen LogP contribution in [0.5, 0.6) is 0 Å². The molecule has 0 aromatic heterocycles. The lowest BCUT2D eigenvalue weighted by Crippen LogP contribution is -2.82. The molecule has 4 unspecified atom stereocenters. The summed E-state index contributed by atoms with van der Waals surface area (Å²) in [5.74, 6) is -1.50. The van der Waals surface area contributed by atoms with Gasteiger partial charge in [-0.3, -0.25) is 0 Å². The van der Waals surface area contributed by atoms with Crippen LogP contribution in [0.15, 0.2) is 0 Å². The summed E-state index contributed by atoms with van der Waals surface area (Å²) < 4.78 is 0. The second-order valence-corrected chi connectivity index (χ2v) is 4.61. The summed E-state index contributed by atoms with van der Waals surface area (Å²) in [6.07, 6.45) is -2.89. The maximum absolute atomic E-state index is 9.28. The summed E-state index contributed by atoms with van der Waals surface area (Å²) in [6.45, 7) is 2.97. The summed E-state index contributed by atoms with van der Waals surface area (Å²) in [5, 5.41) is 61.2. The van der Waals surface area contributed by atoms with Crippen molar-refractivity contribution < 1.29 is 35.7 Å². The molecule has 1 saturated carbocycles. The fraction of sp³-hybridized carbons (Fsp3) is 1.00. The minimum absolute atomic E-state index is 0.780. The Kier molecular flexibility index (Phi) is 4.46. The number of aliphatic hydroxyl groups excluding tert-OH is 3. The van der Waals surface area contributed by atoms with Gasteiger partial charge in [-0.05, 0) is 20.8 Å². The van der Waals surface area contributed by atoms with Gasteiger partial charge in [0.1, 0.15) is 23.4 Å². The Morgan fingerprint density at radius 1 is 1.06 bits per heavy atom. The van der Waals surface area contributed by atoms with E-state index < -0.39 is 35.8 Å². The Hall–Kier alpha value is -0.280. The largest absolute Gasteiger partial charge is 0.393 e. The Balaban J connectivity index is 0.000000385. The third kappa shape index (κ3) is 2.89. The first-order chi connectivity index (χ1) is 6.88. The SMILES string of the molecule is CC(C)(O)O.CC1(O)C(O)C(O)C1(O)CO. The zero-order valence-corrected chi connectivity index (χ0v) is 9.49. The number of hydrogen-bond acceptors (Lipinski definition) is 7. The Morgan fingerprint density at radius 2 is 1.38 bits per heavy atom. The van der Waals surface area contributed by atoms with Gasteiger partial charge in [0.15, 0.2) is 5.79 Å². The molecule has 16 heavy (non-hydrogen) atoms. The highest BCUT2D eigenvalue weighted by atomic mass is 16.5. The van der Waals surface area contributed by atoms with E-state index in [1.807, 2.05) is 0 Å². The van der Waals surface area contributed by atoms with Crippen LogP contribution in [0, 0.1) is 0 Å². The molecule has 0 radical (unpaired) electrons. The van der Waals surface area contributed by atoms with E-state index in [0.717, 1.165) is 6.92 Å². The minimum Gasteiger partial charge on any atom is -0.393 e. The van der Waals surface area contributed by atoms with Crippen molar-refractivity contribution in [3.05, 3.63) is 0 Å². The van der Waals surface area contributed by atoms with Gasteiger partial charge in [-0.15, -0.1) is 0 Å². The van der Waals surface area contributed by atoms with Crippen molar-refractivity contribution in [3.8, 4) is 0 Å². The van der Waals surface area contributed by atoms with Crippen molar-refractivity contribution in [2.45, 2.75) is 50.0 Å². The molecule has 0 aromatic rings. The summed E-state index contributed by atoms with van der Waals surface area (Å²) in [6, 6.07) is 0. The van der Waals surface area contributed by atoms with Gasteiger partial charge in [0.05, 0.1) is 6.61 Å². The number of hydrogen-bond donors (Lipinski definition) is 7. The van der Waals surface area contributed by atoms with Gasteiger partial charge in [0.2, 0.25) is 0 Å². The normalized spacial score (nSPS) is 43.1. The van der Waals surface area contributed by atoms with E-state index in [1.54, 1.807) is 0 Å². The molecule has 7 heteroatoms. The van der Waals surface area contributed by atoms with E-state index >= 15 is 0 Å². The van der Waals surface area contributed by atoms with Crippen LogP contribution in [-0.2, 0) is 0 Å². The quantitative estimate of drug-likeness (QED) is 0.241. The van der Waals surface area contributed by atoms with Crippen LogP contribution in [-0.4, -0.2) is 71.5 Å². The maximum atomic E-state index is 9.28. The van der Waals surface area contributed by atoms with Gasteiger partial charge < -0.3 is 35.7 Å². The second kappa shape index (κ2) is 4.53. The van der Waals surface area contributed by atoms with Gasteiger partial charge in [-0.2, -0.15) is 0 Å². The molecule has 1 rings (SSSR count). The van der Waals surface area contributed by atoms with Gasteiger partial charge in [-0.1, -0.05) is 0 Å². The van der Waals surface area contributed by atoms with Crippen molar-refractivity contribution >= 4 is 0 Å². The first-order valence-electron chi connectivity index (χ1n) is 4.74. The Bertz CT molecular complexity index is 229. The van der Waals surface area contributed by atoms with E-state index in [1.165, 1.54) is 13.8 Å². The molecule has 0 heterocycles. The van der Waals surface area contributed by atoms with Crippen LogP contribution in [0.25, 0.3) is 0 Å². The topological polar surface area (TPSA) is 142 Å².